The smallest absolute Gasteiger partial charge is 0.266 e. The predicted octanol–water partition coefficient (Wildman–Crippen LogP) is 3.80. The van der Waals surface area contributed by atoms with Gasteiger partial charge in [-0.25, -0.2) is 9.96 Å². The molecule has 2 aliphatic rings. The second-order valence-corrected chi connectivity index (χ2v) is 7.99. The first-order valence-electron chi connectivity index (χ1n) is 10.3. The SMILES string of the molecule is CN(C)c1ccc([C@H]2[C@H]3C(=O)N(c4ccccc4)C(=O)[C@@H]3ON2c2ccccc2)cc1. The second kappa shape index (κ2) is 7.56. The number of benzene rings is 3. The van der Waals surface area contributed by atoms with Gasteiger partial charge in [0, 0.05) is 19.8 Å². The van der Waals surface area contributed by atoms with Crippen LogP contribution in [0.2, 0.25) is 0 Å². The van der Waals surface area contributed by atoms with Gasteiger partial charge < -0.3 is 4.90 Å². The number of rotatable bonds is 4. The summed E-state index contributed by atoms with van der Waals surface area (Å²) < 4.78 is 0. The number of nitrogens with zero attached hydrogens (tertiary/aromatic N) is 3. The molecular formula is C25H23N3O3. The van der Waals surface area contributed by atoms with E-state index in [0.717, 1.165) is 16.9 Å². The molecule has 2 amide bonds. The highest BCUT2D eigenvalue weighted by atomic mass is 16.7. The molecule has 6 heteroatoms. The zero-order valence-corrected chi connectivity index (χ0v) is 17.4. The van der Waals surface area contributed by atoms with Crippen molar-refractivity contribution in [3.8, 4) is 0 Å². The van der Waals surface area contributed by atoms with E-state index in [1.54, 1.807) is 17.2 Å². The van der Waals surface area contributed by atoms with E-state index in [1.807, 2.05) is 91.8 Å². The standard InChI is InChI=1S/C25H23N3O3/c1-26(2)18-15-13-17(14-16-18)22-21-23(31-28(22)20-11-7-4-8-12-20)25(30)27(24(21)29)19-9-5-3-6-10-19/h3-16,21-23H,1-2H3/t21-,22+,23-/m1/s1. The molecule has 2 aliphatic heterocycles. The number of amides is 2. The summed E-state index contributed by atoms with van der Waals surface area (Å²) in [7, 11) is 3.97. The van der Waals surface area contributed by atoms with Crippen LogP contribution in [0.1, 0.15) is 11.6 Å². The van der Waals surface area contributed by atoms with Gasteiger partial charge >= 0.3 is 0 Å². The second-order valence-electron chi connectivity index (χ2n) is 7.99. The van der Waals surface area contributed by atoms with Crippen LogP contribution in [-0.4, -0.2) is 32.0 Å². The number of carbonyl (C=O) groups is 2. The van der Waals surface area contributed by atoms with Gasteiger partial charge in [-0.2, -0.15) is 0 Å². The van der Waals surface area contributed by atoms with Crippen molar-refractivity contribution >= 4 is 28.9 Å². The van der Waals surface area contributed by atoms with Crippen molar-refractivity contribution in [2.75, 3.05) is 29.0 Å². The number of fused-ring (bicyclic) bond motifs is 1. The van der Waals surface area contributed by atoms with Crippen LogP contribution >= 0.6 is 0 Å². The van der Waals surface area contributed by atoms with Crippen molar-refractivity contribution in [1.82, 2.24) is 0 Å². The summed E-state index contributed by atoms with van der Waals surface area (Å²) in [5.74, 6) is -1.19. The van der Waals surface area contributed by atoms with Gasteiger partial charge in [-0.3, -0.25) is 14.4 Å². The van der Waals surface area contributed by atoms with Crippen molar-refractivity contribution in [2.24, 2.45) is 5.92 Å². The van der Waals surface area contributed by atoms with E-state index >= 15 is 0 Å². The first kappa shape index (κ1) is 19.3. The number of anilines is 3. The highest BCUT2D eigenvalue weighted by Crippen LogP contribution is 2.47. The highest BCUT2D eigenvalue weighted by Gasteiger charge is 2.60. The van der Waals surface area contributed by atoms with Crippen LogP contribution in [0, 0.1) is 5.92 Å². The number of hydrogen-bond acceptors (Lipinski definition) is 5. The maximum absolute atomic E-state index is 13.5. The highest BCUT2D eigenvalue weighted by molar-refractivity contribution is 6.23. The van der Waals surface area contributed by atoms with Crippen molar-refractivity contribution in [2.45, 2.75) is 12.1 Å². The van der Waals surface area contributed by atoms with E-state index in [-0.39, 0.29) is 11.8 Å². The van der Waals surface area contributed by atoms with Crippen LogP contribution < -0.4 is 14.9 Å². The molecule has 0 N–H and O–H groups in total. The van der Waals surface area contributed by atoms with Gasteiger partial charge in [-0.15, -0.1) is 0 Å². The largest absolute Gasteiger partial charge is 0.378 e. The van der Waals surface area contributed by atoms with E-state index in [9.17, 15) is 9.59 Å². The van der Waals surface area contributed by atoms with Gasteiger partial charge in [0.2, 0.25) is 5.91 Å². The summed E-state index contributed by atoms with van der Waals surface area (Å²) in [4.78, 5) is 36.2. The maximum atomic E-state index is 13.5. The molecule has 0 unspecified atom stereocenters. The predicted molar refractivity (Wildman–Crippen MR) is 120 cm³/mol. The van der Waals surface area contributed by atoms with E-state index in [2.05, 4.69) is 0 Å². The quantitative estimate of drug-likeness (QED) is 0.609. The minimum Gasteiger partial charge on any atom is -0.378 e. The molecular weight excluding hydrogens is 390 g/mol. The van der Waals surface area contributed by atoms with Crippen molar-refractivity contribution in [3.63, 3.8) is 0 Å². The van der Waals surface area contributed by atoms with Crippen molar-refractivity contribution in [3.05, 3.63) is 90.5 Å². The fourth-order valence-corrected chi connectivity index (χ4v) is 4.35. The van der Waals surface area contributed by atoms with Gasteiger partial charge in [0.05, 0.1) is 17.4 Å². The lowest BCUT2D eigenvalue weighted by Gasteiger charge is -2.29. The van der Waals surface area contributed by atoms with E-state index < -0.39 is 18.1 Å². The van der Waals surface area contributed by atoms with E-state index in [4.69, 9.17) is 4.84 Å². The molecule has 3 aromatic carbocycles. The molecule has 31 heavy (non-hydrogen) atoms. The Morgan fingerprint density at radius 2 is 1.32 bits per heavy atom. The first-order chi connectivity index (χ1) is 15.1. The lowest BCUT2D eigenvalue weighted by molar-refractivity contribution is -0.126. The molecule has 0 saturated carbocycles. The number of hydroxylamine groups is 1. The minimum atomic E-state index is -0.855. The summed E-state index contributed by atoms with van der Waals surface area (Å²) in [6, 6.07) is 26.3. The number of hydrogen-bond donors (Lipinski definition) is 0. The van der Waals surface area contributed by atoms with E-state index in [1.165, 1.54) is 4.90 Å². The van der Waals surface area contributed by atoms with E-state index in [0.29, 0.717) is 5.69 Å². The van der Waals surface area contributed by atoms with Crippen molar-refractivity contribution in [1.29, 1.82) is 0 Å². The Morgan fingerprint density at radius 3 is 1.90 bits per heavy atom. The molecule has 6 nitrogen and oxygen atoms in total. The number of carbonyl (C=O) groups excluding carboxylic acids is 2. The van der Waals surface area contributed by atoms with Gasteiger partial charge in [0.15, 0.2) is 6.10 Å². The lowest BCUT2D eigenvalue weighted by Crippen LogP contribution is -2.37. The monoisotopic (exact) mass is 413 g/mol. The van der Waals surface area contributed by atoms with Crippen LogP contribution in [0.5, 0.6) is 0 Å². The molecule has 0 aliphatic carbocycles. The molecule has 0 bridgehead atoms. The van der Waals surface area contributed by atoms with Gasteiger partial charge in [-0.1, -0.05) is 48.5 Å². The Kier molecular flexibility index (Phi) is 4.71. The molecule has 2 fully saturated rings. The minimum absolute atomic E-state index is 0.235. The van der Waals surface area contributed by atoms with Gasteiger partial charge in [0.1, 0.15) is 5.92 Å². The summed E-state index contributed by atoms with van der Waals surface area (Å²) in [6.45, 7) is 0. The van der Waals surface area contributed by atoms with Crippen LogP contribution in [0.15, 0.2) is 84.9 Å². The number of imide groups is 1. The summed E-state index contributed by atoms with van der Waals surface area (Å²) in [5, 5.41) is 1.72. The zero-order chi connectivity index (χ0) is 21.5. The Bertz CT molecular complexity index is 1100. The van der Waals surface area contributed by atoms with Crippen LogP contribution in [0.25, 0.3) is 0 Å². The number of para-hydroxylation sites is 2. The lowest BCUT2D eigenvalue weighted by atomic mass is 9.90. The van der Waals surface area contributed by atoms with Crippen LogP contribution in [-0.2, 0) is 14.4 Å². The Hall–Kier alpha value is -3.64. The molecule has 2 saturated heterocycles. The third-order valence-corrected chi connectivity index (χ3v) is 5.89. The molecule has 3 aromatic rings. The molecule has 156 valence electrons. The molecule has 3 atom stereocenters. The van der Waals surface area contributed by atoms with Gasteiger partial charge in [0.25, 0.3) is 5.91 Å². The first-order valence-corrected chi connectivity index (χ1v) is 10.3. The summed E-state index contributed by atoms with van der Waals surface area (Å²) in [5.41, 5.74) is 3.37. The fourth-order valence-electron chi connectivity index (χ4n) is 4.35. The third kappa shape index (κ3) is 3.16. The molecule has 5 rings (SSSR count). The van der Waals surface area contributed by atoms with Gasteiger partial charge in [-0.05, 0) is 42.0 Å². The van der Waals surface area contributed by atoms with Crippen LogP contribution in [0.4, 0.5) is 17.1 Å². The summed E-state index contributed by atoms with van der Waals surface area (Å²) in [6.07, 6.45) is -0.855. The fraction of sp³-hybridized carbons (Fsp3) is 0.200. The zero-order valence-electron chi connectivity index (χ0n) is 17.4. The van der Waals surface area contributed by atoms with Crippen molar-refractivity contribution < 1.29 is 14.4 Å². The average molecular weight is 413 g/mol. The maximum Gasteiger partial charge on any atom is 0.266 e. The normalized spacial score (nSPS) is 22.7. The molecule has 0 radical (unpaired) electrons. The average Bonchev–Trinajstić information content (AvgIpc) is 3.31. The molecule has 0 spiro atoms. The molecule has 0 aromatic heterocycles. The summed E-state index contributed by atoms with van der Waals surface area (Å²) >= 11 is 0. The third-order valence-electron chi connectivity index (χ3n) is 5.89. The molecule has 2 heterocycles. The topological polar surface area (TPSA) is 53.1 Å². The van der Waals surface area contributed by atoms with Crippen LogP contribution in [0.3, 0.4) is 0 Å². The Labute approximate surface area is 181 Å². The Morgan fingerprint density at radius 1 is 0.742 bits per heavy atom. The Balaban J connectivity index is 1.57.